The van der Waals surface area contributed by atoms with E-state index in [2.05, 4.69) is 19.2 Å². The fourth-order valence-electron chi connectivity index (χ4n) is 3.94. The van der Waals surface area contributed by atoms with Crippen LogP contribution in [-0.4, -0.2) is 53.7 Å². The van der Waals surface area contributed by atoms with Crippen LogP contribution in [0.25, 0.3) is 0 Å². The summed E-state index contributed by atoms with van der Waals surface area (Å²) in [5.74, 6) is 0.338. The van der Waals surface area contributed by atoms with E-state index in [1.165, 1.54) is 0 Å². The first-order valence-electron chi connectivity index (χ1n) is 10.0. The van der Waals surface area contributed by atoms with E-state index >= 15 is 0 Å². The molecule has 1 aromatic carbocycles. The highest BCUT2D eigenvalue weighted by molar-refractivity contribution is 5.98. The van der Waals surface area contributed by atoms with Crippen molar-refractivity contribution in [3.63, 3.8) is 0 Å². The number of benzene rings is 1. The topological polar surface area (TPSA) is 69.7 Å². The lowest BCUT2D eigenvalue weighted by Gasteiger charge is -2.25. The van der Waals surface area contributed by atoms with Gasteiger partial charge in [0.2, 0.25) is 11.8 Å². The number of hydrogen-bond acceptors (Lipinski definition) is 3. The Morgan fingerprint density at radius 3 is 2.48 bits per heavy atom. The van der Waals surface area contributed by atoms with Crippen molar-refractivity contribution in [3.05, 3.63) is 29.3 Å². The molecule has 2 heterocycles. The van der Waals surface area contributed by atoms with Crippen LogP contribution in [0.4, 0.5) is 5.69 Å². The molecule has 0 radical (unpaired) electrons. The third-order valence-corrected chi connectivity index (χ3v) is 5.68. The van der Waals surface area contributed by atoms with Gasteiger partial charge in [0.25, 0.3) is 5.91 Å². The summed E-state index contributed by atoms with van der Waals surface area (Å²) in [6.07, 6.45) is 3.65. The molecule has 3 amide bonds. The third kappa shape index (κ3) is 4.31. The predicted octanol–water partition coefficient (Wildman–Crippen LogP) is 2.68. The van der Waals surface area contributed by atoms with E-state index in [0.29, 0.717) is 38.0 Å². The van der Waals surface area contributed by atoms with E-state index in [9.17, 15) is 14.4 Å². The van der Waals surface area contributed by atoms with Crippen LogP contribution in [-0.2, 0) is 16.0 Å². The molecule has 0 atom stereocenters. The Morgan fingerprint density at radius 1 is 1.04 bits per heavy atom. The van der Waals surface area contributed by atoms with Crippen molar-refractivity contribution in [1.29, 1.82) is 0 Å². The first-order chi connectivity index (χ1) is 13.0. The van der Waals surface area contributed by atoms with Crippen LogP contribution in [0.5, 0.6) is 0 Å². The number of fused-ring (bicyclic) bond motifs is 1. The zero-order valence-corrected chi connectivity index (χ0v) is 16.3. The lowest BCUT2D eigenvalue weighted by Crippen LogP contribution is -2.39. The quantitative estimate of drug-likeness (QED) is 0.885. The summed E-state index contributed by atoms with van der Waals surface area (Å²) in [7, 11) is 0. The van der Waals surface area contributed by atoms with Gasteiger partial charge >= 0.3 is 0 Å². The standard InChI is InChI=1S/C21H29N3O3/c1-3-15(4-2)20(26)23-10-5-11-24(13-12-23)21(27)17-6-8-18-16(14-17)7-9-19(25)22-18/h6,8,14-15H,3-5,7,9-13H2,1-2H3,(H,22,25). The van der Waals surface area contributed by atoms with Gasteiger partial charge in [0.15, 0.2) is 0 Å². The minimum atomic E-state index is 0.00605. The van der Waals surface area contributed by atoms with E-state index in [0.717, 1.165) is 37.1 Å². The van der Waals surface area contributed by atoms with Gasteiger partial charge in [0, 0.05) is 49.8 Å². The second-order valence-electron chi connectivity index (χ2n) is 7.40. The van der Waals surface area contributed by atoms with Crippen LogP contribution in [0.3, 0.4) is 0 Å². The van der Waals surface area contributed by atoms with E-state index in [1.807, 2.05) is 21.9 Å². The lowest BCUT2D eigenvalue weighted by molar-refractivity contribution is -0.135. The first kappa shape index (κ1) is 19.4. The van der Waals surface area contributed by atoms with Crippen molar-refractivity contribution < 1.29 is 14.4 Å². The molecule has 1 aromatic rings. The predicted molar refractivity (Wildman–Crippen MR) is 105 cm³/mol. The van der Waals surface area contributed by atoms with Crippen molar-refractivity contribution in [1.82, 2.24) is 9.80 Å². The number of rotatable bonds is 4. The van der Waals surface area contributed by atoms with Gasteiger partial charge in [-0.1, -0.05) is 13.8 Å². The Kier molecular flexibility index (Phi) is 6.14. The number of carbonyl (C=O) groups excluding carboxylic acids is 3. The molecule has 0 aliphatic carbocycles. The number of anilines is 1. The van der Waals surface area contributed by atoms with Gasteiger partial charge in [-0.05, 0) is 49.4 Å². The second kappa shape index (κ2) is 8.55. The summed E-state index contributed by atoms with van der Waals surface area (Å²) >= 11 is 0. The van der Waals surface area contributed by atoms with E-state index in [-0.39, 0.29) is 23.6 Å². The fourth-order valence-corrected chi connectivity index (χ4v) is 3.94. The summed E-state index contributed by atoms with van der Waals surface area (Å²) in [5.41, 5.74) is 2.48. The maximum absolute atomic E-state index is 13.0. The minimum Gasteiger partial charge on any atom is -0.341 e. The molecule has 3 rings (SSSR count). The molecular formula is C21H29N3O3. The average Bonchev–Trinajstić information content (AvgIpc) is 2.94. The summed E-state index contributed by atoms with van der Waals surface area (Å²) in [6, 6.07) is 5.50. The number of nitrogens with one attached hydrogen (secondary N) is 1. The maximum Gasteiger partial charge on any atom is 0.253 e. The van der Waals surface area contributed by atoms with Crippen LogP contribution in [0.15, 0.2) is 18.2 Å². The molecule has 27 heavy (non-hydrogen) atoms. The number of hydrogen-bond donors (Lipinski definition) is 1. The highest BCUT2D eigenvalue weighted by atomic mass is 16.2. The average molecular weight is 371 g/mol. The lowest BCUT2D eigenvalue weighted by atomic mass is 10.00. The highest BCUT2D eigenvalue weighted by Crippen LogP contribution is 2.24. The van der Waals surface area contributed by atoms with E-state index in [1.54, 1.807) is 6.07 Å². The molecule has 6 heteroatoms. The Balaban J connectivity index is 1.66. The Labute approximate surface area is 160 Å². The molecule has 0 aromatic heterocycles. The third-order valence-electron chi connectivity index (χ3n) is 5.68. The zero-order valence-electron chi connectivity index (χ0n) is 16.3. The monoisotopic (exact) mass is 371 g/mol. The van der Waals surface area contributed by atoms with Gasteiger partial charge in [-0.25, -0.2) is 0 Å². The molecule has 1 fully saturated rings. The van der Waals surface area contributed by atoms with Crippen LogP contribution in [0.2, 0.25) is 0 Å². The summed E-state index contributed by atoms with van der Waals surface area (Å²) in [4.78, 5) is 40.9. The highest BCUT2D eigenvalue weighted by Gasteiger charge is 2.26. The zero-order chi connectivity index (χ0) is 19.4. The SMILES string of the molecule is CCC(CC)C(=O)N1CCCN(C(=O)c2ccc3c(c2)CCC(=O)N3)CC1. The molecule has 1 N–H and O–H groups in total. The minimum absolute atomic E-state index is 0.00605. The van der Waals surface area contributed by atoms with Gasteiger partial charge in [0.05, 0.1) is 0 Å². The molecule has 146 valence electrons. The largest absolute Gasteiger partial charge is 0.341 e. The molecule has 0 saturated carbocycles. The van der Waals surface area contributed by atoms with Crippen LogP contribution >= 0.6 is 0 Å². The molecule has 2 aliphatic heterocycles. The normalized spacial score (nSPS) is 17.4. The molecule has 0 unspecified atom stereocenters. The van der Waals surface area contributed by atoms with Gasteiger partial charge in [-0.3, -0.25) is 14.4 Å². The van der Waals surface area contributed by atoms with Crippen molar-refractivity contribution in [2.24, 2.45) is 5.92 Å². The van der Waals surface area contributed by atoms with Gasteiger partial charge < -0.3 is 15.1 Å². The van der Waals surface area contributed by atoms with Crippen LogP contribution < -0.4 is 5.32 Å². The Morgan fingerprint density at radius 2 is 1.74 bits per heavy atom. The number of carbonyl (C=O) groups is 3. The molecule has 1 saturated heterocycles. The van der Waals surface area contributed by atoms with Gasteiger partial charge in [-0.2, -0.15) is 0 Å². The number of aryl methyl sites for hydroxylation is 1. The molecule has 0 spiro atoms. The molecule has 0 bridgehead atoms. The Bertz CT molecular complexity index is 727. The maximum atomic E-state index is 13.0. The molecule has 6 nitrogen and oxygen atoms in total. The van der Waals surface area contributed by atoms with Crippen molar-refractivity contribution in [3.8, 4) is 0 Å². The molecular weight excluding hydrogens is 342 g/mol. The van der Waals surface area contributed by atoms with E-state index < -0.39 is 0 Å². The van der Waals surface area contributed by atoms with Gasteiger partial charge in [-0.15, -0.1) is 0 Å². The van der Waals surface area contributed by atoms with Crippen molar-refractivity contribution >= 4 is 23.4 Å². The summed E-state index contributed by atoms with van der Waals surface area (Å²) in [6.45, 7) is 6.66. The molecule has 2 aliphatic rings. The van der Waals surface area contributed by atoms with E-state index in [4.69, 9.17) is 0 Å². The number of amides is 3. The number of nitrogens with zero attached hydrogens (tertiary/aromatic N) is 2. The summed E-state index contributed by atoms with van der Waals surface area (Å²) < 4.78 is 0. The second-order valence-corrected chi connectivity index (χ2v) is 7.40. The Hall–Kier alpha value is -2.37. The van der Waals surface area contributed by atoms with Crippen molar-refractivity contribution in [2.45, 2.75) is 46.0 Å². The first-order valence-corrected chi connectivity index (χ1v) is 10.0. The van der Waals surface area contributed by atoms with Crippen LogP contribution in [0.1, 0.15) is 55.5 Å². The summed E-state index contributed by atoms with van der Waals surface area (Å²) in [5, 5.41) is 2.85. The fraction of sp³-hybridized carbons (Fsp3) is 0.571. The van der Waals surface area contributed by atoms with Crippen LogP contribution in [0, 0.1) is 5.92 Å². The van der Waals surface area contributed by atoms with Crippen molar-refractivity contribution in [2.75, 3.05) is 31.5 Å². The smallest absolute Gasteiger partial charge is 0.253 e. The van der Waals surface area contributed by atoms with Gasteiger partial charge in [0.1, 0.15) is 0 Å².